The van der Waals surface area contributed by atoms with E-state index < -0.39 is 17.8 Å². The highest BCUT2D eigenvalue weighted by molar-refractivity contribution is 5.85. The van der Waals surface area contributed by atoms with Crippen LogP contribution < -0.4 is 10.0 Å². The highest BCUT2D eigenvalue weighted by Gasteiger charge is 2.37. The minimum Gasteiger partial charge on any atom is -0.550 e. The largest absolute Gasteiger partial charge is 0.550 e. The Morgan fingerprint density at radius 1 is 1.04 bits per heavy atom. The summed E-state index contributed by atoms with van der Waals surface area (Å²) in [7, 11) is 0. The van der Waals surface area contributed by atoms with E-state index in [0.717, 1.165) is 37.2 Å². The third-order valence-electron chi connectivity index (χ3n) is 6.28. The van der Waals surface area contributed by atoms with Crippen molar-refractivity contribution in [3.63, 3.8) is 0 Å². The molecule has 0 aromatic heterocycles. The van der Waals surface area contributed by atoms with E-state index >= 15 is 0 Å². The van der Waals surface area contributed by atoms with Gasteiger partial charge in [-0.2, -0.15) is 0 Å². The molecule has 1 saturated heterocycles. The Kier molecular flexibility index (Phi) is 6.32. The normalized spacial score (nSPS) is 24.1. The van der Waals surface area contributed by atoms with Crippen molar-refractivity contribution in [2.24, 2.45) is 11.8 Å². The standard InChI is InChI=1S/C22H30N2O3/c1-16-14-19(20(22(26)27)15-17(16)2)21(25)24-12-10-23(11-13-24)9-8-18-6-4-3-5-7-18/h3-7,19-20H,8-15H2,1-2H3,(H,26,27)/t19-,20+/m0/s1. The third kappa shape index (κ3) is 4.78. The van der Waals surface area contributed by atoms with Gasteiger partial charge >= 0.3 is 0 Å². The lowest BCUT2D eigenvalue weighted by Crippen LogP contribution is -3.15. The van der Waals surface area contributed by atoms with Crippen molar-refractivity contribution >= 4 is 11.9 Å². The summed E-state index contributed by atoms with van der Waals surface area (Å²) in [6.07, 6.45) is 2.03. The lowest BCUT2D eigenvalue weighted by Gasteiger charge is -2.38. The van der Waals surface area contributed by atoms with Crippen molar-refractivity contribution in [2.45, 2.75) is 33.1 Å². The average Bonchev–Trinajstić information content (AvgIpc) is 2.68. The van der Waals surface area contributed by atoms with Gasteiger partial charge < -0.3 is 19.7 Å². The van der Waals surface area contributed by atoms with Gasteiger partial charge in [0.05, 0.1) is 38.6 Å². The number of aliphatic carboxylic acids is 1. The summed E-state index contributed by atoms with van der Waals surface area (Å²) in [6.45, 7) is 8.30. The average molecular weight is 370 g/mol. The van der Waals surface area contributed by atoms with Gasteiger partial charge in [-0.05, 0) is 32.3 Å². The number of carboxylic acid groups (broad SMARTS) is 1. The summed E-state index contributed by atoms with van der Waals surface area (Å²) < 4.78 is 0. The first-order chi connectivity index (χ1) is 13.0. The molecule has 2 aliphatic rings. The molecule has 1 aliphatic carbocycles. The Labute approximate surface area is 161 Å². The number of nitrogens with one attached hydrogen (secondary N) is 1. The van der Waals surface area contributed by atoms with Crippen LogP contribution >= 0.6 is 0 Å². The predicted octanol–water partition coefficient (Wildman–Crippen LogP) is 0.0687. The highest BCUT2D eigenvalue weighted by Crippen LogP contribution is 2.35. The van der Waals surface area contributed by atoms with Gasteiger partial charge in [0.25, 0.3) is 0 Å². The number of hydrogen-bond acceptors (Lipinski definition) is 3. The molecule has 1 amide bonds. The molecule has 1 aromatic carbocycles. The number of carboxylic acids is 1. The van der Waals surface area contributed by atoms with E-state index in [4.69, 9.17) is 0 Å². The number of piperazine rings is 1. The number of carbonyl (C=O) groups is 2. The zero-order valence-corrected chi connectivity index (χ0v) is 16.4. The maximum atomic E-state index is 13.0. The first-order valence-corrected chi connectivity index (χ1v) is 9.98. The molecule has 1 heterocycles. The van der Waals surface area contributed by atoms with Gasteiger partial charge in [0.1, 0.15) is 0 Å². The molecule has 5 heteroatoms. The molecular formula is C22H30N2O3. The molecule has 146 valence electrons. The fourth-order valence-electron chi connectivity index (χ4n) is 4.29. The van der Waals surface area contributed by atoms with E-state index in [1.165, 1.54) is 10.5 Å². The molecular weight excluding hydrogens is 340 g/mol. The summed E-state index contributed by atoms with van der Waals surface area (Å²) in [5.74, 6) is -2.25. The van der Waals surface area contributed by atoms with Crippen LogP contribution in [0.2, 0.25) is 0 Å². The van der Waals surface area contributed by atoms with E-state index in [0.29, 0.717) is 25.9 Å². The fraction of sp³-hybridized carbons (Fsp3) is 0.545. The van der Waals surface area contributed by atoms with E-state index in [1.807, 2.05) is 24.8 Å². The molecule has 0 unspecified atom stereocenters. The minimum atomic E-state index is -1.09. The molecule has 0 saturated carbocycles. The van der Waals surface area contributed by atoms with Gasteiger partial charge in [-0.15, -0.1) is 0 Å². The molecule has 0 radical (unpaired) electrons. The summed E-state index contributed by atoms with van der Waals surface area (Å²) in [5.41, 5.74) is 3.58. The molecule has 2 atom stereocenters. The van der Waals surface area contributed by atoms with E-state index in [2.05, 4.69) is 24.3 Å². The maximum Gasteiger partial charge on any atom is 0.227 e. The lowest BCUT2D eigenvalue weighted by molar-refractivity contribution is -0.903. The Balaban J connectivity index is 1.54. The molecule has 3 rings (SSSR count). The van der Waals surface area contributed by atoms with Crippen LogP contribution in [0.15, 0.2) is 41.5 Å². The second kappa shape index (κ2) is 8.70. The first kappa shape index (κ1) is 19.6. The van der Waals surface area contributed by atoms with Crippen LogP contribution in [-0.4, -0.2) is 49.5 Å². The van der Waals surface area contributed by atoms with Crippen LogP contribution in [0.4, 0.5) is 0 Å². The number of hydrogen-bond donors (Lipinski definition) is 1. The number of benzene rings is 1. The SMILES string of the molecule is CC1=C(C)C[C@@H](C(=O)[O-])[C@@H](C(=O)N2CC[NH+](CCc3ccccc3)CC2)C1. The van der Waals surface area contributed by atoms with Gasteiger partial charge in [-0.1, -0.05) is 41.5 Å². The zero-order chi connectivity index (χ0) is 19.4. The maximum absolute atomic E-state index is 13.0. The van der Waals surface area contributed by atoms with Crippen molar-refractivity contribution in [1.29, 1.82) is 0 Å². The topological polar surface area (TPSA) is 64.9 Å². The second-order valence-electron chi connectivity index (χ2n) is 8.06. The van der Waals surface area contributed by atoms with Gasteiger partial charge in [-0.3, -0.25) is 4.79 Å². The number of amides is 1. The van der Waals surface area contributed by atoms with Crippen molar-refractivity contribution in [1.82, 2.24) is 4.90 Å². The van der Waals surface area contributed by atoms with Crippen LogP contribution in [0.5, 0.6) is 0 Å². The van der Waals surface area contributed by atoms with Crippen LogP contribution in [0, 0.1) is 11.8 Å². The zero-order valence-electron chi connectivity index (χ0n) is 16.4. The van der Waals surface area contributed by atoms with E-state index in [1.54, 1.807) is 0 Å². The first-order valence-electron chi connectivity index (χ1n) is 9.98. The quantitative estimate of drug-likeness (QED) is 0.746. The molecule has 0 spiro atoms. The van der Waals surface area contributed by atoms with E-state index in [9.17, 15) is 14.7 Å². The molecule has 1 fully saturated rings. The Morgan fingerprint density at radius 3 is 2.22 bits per heavy atom. The second-order valence-corrected chi connectivity index (χ2v) is 8.06. The molecule has 1 aromatic rings. The number of nitrogens with zero attached hydrogens (tertiary/aromatic N) is 1. The molecule has 0 bridgehead atoms. The molecule has 5 nitrogen and oxygen atoms in total. The predicted molar refractivity (Wildman–Crippen MR) is 102 cm³/mol. The van der Waals surface area contributed by atoms with E-state index in [-0.39, 0.29) is 5.91 Å². The van der Waals surface area contributed by atoms with Crippen LogP contribution in [0.25, 0.3) is 0 Å². The monoisotopic (exact) mass is 370 g/mol. The van der Waals surface area contributed by atoms with Crippen LogP contribution in [-0.2, 0) is 16.0 Å². The number of quaternary nitrogens is 1. The fourth-order valence-corrected chi connectivity index (χ4v) is 4.29. The summed E-state index contributed by atoms with van der Waals surface area (Å²) >= 11 is 0. The summed E-state index contributed by atoms with van der Waals surface area (Å²) in [5, 5.41) is 11.6. The summed E-state index contributed by atoms with van der Waals surface area (Å²) in [4.78, 5) is 28.0. The van der Waals surface area contributed by atoms with Crippen molar-refractivity contribution in [3.8, 4) is 0 Å². The van der Waals surface area contributed by atoms with Gasteiger partial charge in [0, 0.05) is 18.3 Å². The summed E-state index contributed by atoms with van der Waals surface area (Å²) in [6, 6.07) is 10.5. The molecule has 1 N–H and O–H groups in total. The Bertz CT molecular complexity index is 706. The lowest BCUT2D eigenvalue weighted by atomic mass is 9.76. The van der Waals surface area contributed by atoms with Crippen LogP contribution in [0.1, 0.15) is 32.3 Å². The smallest absolute Gasteiger partial charge is 0.227 e. The van der Waals surface area contributed by atoms with Gasteiger partial charge in [-0.25, -0.2) is 0 Å². The Morgan fingerprint density at radius 2 is 1.63 bits per heavy atom. The highest BCUT2D eigenvalue weighted by atomic mass is 16.4. The van der Waals surface area contributed by atoms with Gasteiger partial charge in [0.15, 0.2) is 0 Å². The number of allylic oxidation sites excluding steroid dienone is 2. The van der Waals surface area contributed by atoms with Crippen LogP contribution in [0.3, 0.4) is 0 Å². The number of carbonyl (C=O) groups excluding carboxylic acids is 2. The number of rotatable bonds is 5. The Hall–Kier alpha value is -2.14. The minimum absolute atomic E-state index is 0.00170. The molecule has 27 heavy (non-hydrogen) atoms. The van der Waals surface area contributed by atoms with Crippen molar-refractivity contribution in [2.75, 3.05) is 32.7 Å². The van der Waals surface area contributed by atoms with Crippen molar-refractivity contribution < 1.29 is 19.6 Å². The third-order valence-corrected chi connectivity index (χ3v) is 6.28. The van der Waals surface area contributed by atoms with Crippen molar-refractivity contribution in [3.05, 3.63) is 47.0 Å². The molecule has 1 aliphatic heterocycles. The van der Waals surface area contributed by atoms with Gasteiger partial charge in [0.2, 0.25) is 5.91 Å².